The molecule has 2 rings (SSSR count). The molecule has 1 aromatic rings. The molecular weight excluding hydrogens is 270 g/mol. The normalized spacial score (nSPS) is 18.8. The van der Waals surface area contributed by atoms with Gasteiger partial charge in [0.1, 0.15) is 0 Å². The Morgan fingerprint density at radius 2 is 2.00 bits per heavy atom. The minimum Gasteiger partial charge on any atom is -0.388 e. The van der Waals surface area contributed by atoms with E-state index in [2.05, 4.69) is 0 Å². The number of nitrogens with one attached hydrogen (secondary N) is 1. The molecule has 5 nitrogen and oxygen atoms in total. The molecule has 0 radical (unpaired) electrons. The molecule has 0 aromatic heterocycles. The van der Waals surface area contributed by atoms with Crippen LogP contribution in [0.5, 0.6) is 0 Å². The Kier molecular flexibility index (Phi) is 5.03. The van der Waals surface area contributed by atoms with Gasteiger partial charge in [-0.3, -0.25) is 14.8 Å². The Morgan fingerprint density at radius 1 is 1.29 bits per heavy atom. The van der Waals surface area contributed by atoms with Crippen molar-refractivity contribution in [1.82, 2.24) is 5.48 Å². The predicted octanol–water partition coefficient (Wildman–Crippen LogP) is 1.63. The van der Waals surface area contributed by atoms with Gasteiger partial charge in [-0.25, -0.2) is 5.48 Å². The number of aliphatic hydroxyl groups excluding tert-OH is 1. The van der Waals surface area contributed by atoms with Gasteiger partial charge in [-0.1, -0.05) is 48.6 Å². The highest BCUT2D eigenvalue weighted by atomic mass is 16.5. The number of hydrogen-bond donors (Lipinski definition) is 3. The number of allylic oxidation sites excluding steroid dienone is 1. The third kappa shape index (κ3) is 3.87. The maximum absolute atomic E-state index is 12.0. The van der Waals surface area contributed by atoms with E-state index in [1.807, 2.05) is 6.07 Å². The Bertz CT molecular complexity index is 577. The van der Waals surface area contributed by atoms with Crippen molar-refractivity contribution in [3.05, 3.63) is 59.7 Å². The summed E-state index contributed by atoms with van der Waals surface area (Å²) in [6, 6.07) is 8.80. The summed E-state index contributed by atoms with van der Waals surface area (Å²) in [5.41, 5.74) is 2.77. The van der Waals surface area contributed by atoms with E-state index in [0.717, 1.165) is 0 Å². The topological polar surface area (TPSA) is 86.6 Å². The Balaban J connectivity index is 1.95. The van der Waals surface area contributed by atoms with E-state index in [0.29, 0.717) is 17.6 Å². The van der Waals surface area contributed by atoms with Crippen LogP contribution in [0.15, 0.2) is 54.1 Å². The minimum absolute atomic E-state index is 0.00293. The van der Waals surface area contributed by atoms with E-state index in [9.17, 15) is 14.7 Å². The van der Waals surface area contributed by atoms with Crippen molar-refractivity contribution in [2.75, 3.05) is 0 Å². The fourth-order valence-electron chi connectivity index (χ4n) is 2.20. The van der Waals surface area contributed by atoms with E-state index in [4.69, 9.17) is 5.21 Å². The molecule has 110 valence electrons. The third-order valence-electron chi connectivity index (χ3n) is 3.43. The van der Waals surface area contributed by atoms with Gasteiger partial charge in [0.05, 0.1) is 12.0 Å². The molecule has 2 unspecified atom stereocenters. The largest absolute Gasteiger partial charge is 0.388 e. The number of carbonyl (C=O) groups is 2. The molecule has 1 aromatic carbocycles. The molecule has 1 amide bonds. The summed E-state index contributed by atoms with van der Waals surface area (Å²) in [7, 11) is 0. The molecule has 2 atom stereocenters. The number of ketones is 1. The number of carbonyl (C=O) groups excluding carboxylic acids is 2. The van der Waals surface area contributed by atoms with Crippen molar-refractivity contribution in [3.8, 4) is 0 Å². The first-order chi connectivity index (χ1) is 10.1. The molecule has 1 aliphatic carbocycles. The second kappa shape index (κ2) is 6.97. The van der Waals surface area contributed by atoms with Crippen molar-refractivity contribution in [2.24, 2.45) is 5.92 Å². The first-order valence-electron chi connectivity index (χ1n) is 6.70. The number of rotatable bonds is 5. The van der Waals surface area contributed by atoms with Crippen LogP contribution in [-0.4, -0.2) is 28.1 Å². The van der Waals surface area contributed by atoms with Crippen LogP contribution >= 0.6 is 0 Å². The molecule has 3 N–H and O–H groups in total. The lowest BCUT2D eigenvalue weighted by Gasteiger charge is -2.17. The maximum Gasteiger partial charge on any atom is 0.250 e. The van der Waals surface area contributed by atoms with Gasteiger partial charge in [-0.05, 0) is 12.0 Å². The first kappa shape index (κ1) is 15.2. The van der Waals surface area contributed by atoms with Gasteiger partial charge in [0, 0.05) is 12.0 Å². The van der Waals surface area contributed by atoms with Crippen LogP contribution in [-0.2, 0) is 4.79 Å². The van der Waals surface area contributed by atoms with Crippen LogP contribution in [0.4, 0.5) is 0 Å². The Labute approximate surface area is 122 Å². The zero-order valence-corrected chi connectivity index (χ0v) is 11.4. The zero-order chi connectivity index (χ0) is 15.2. The molecule has 0 saturated heterocycles. The Morgan fingerprint density at radius 3 is 2.57 bits per heavy atom. The highest BCUT2D eigenvalue weighted by Crippen LogP contribution is 2.21. The number of aliphatic hydroxyl groups is 1. The van der Waals surface area contributed by atoms with Gasteiger partial charge < -0.3 is 5.11 Å². The highest BCUT2D eigenvalue weighted by Gasteiger charge is 2.21. The molecule has 0 fully saturated rings. The van der Waals surface area contributed by atoms with Gasteiger partial charge in [-0.2, -0.15) is 0 Å². The summed E-state index contributed by atoms with van der Waals surface area (Å²) in [6.07, 6.45) is 4.42. The van der Waals surface area contributed by atoms with E-state index in [1.54, 1.807) is 48.0 Å². The molecule has 1 aliphatic rings. The van der Waals surface area contributed by atoms with Crippen molar-refractivity contribution in [1.29, 1.82) is 0 Å². The van der Waals surface area contributed by atoms with Crippen molar-refractivity contribution in [2.45, 2.75) is 18.9 Å². The third-order valence-corrected chi connectivity index (χ3v) is 3.43. The lowest BCUT2D eigenvalue weighted by molar-refractivity contribution is -0.131. The van der Waals surface area contributed by atoms with Gasteiger partial charge in [0.15, 0.2) is 5.78 Å². The molecule has 0 spiro atoms. The molecular formula is C16H17NO4. The molecule has 5 heteroatoms. The lowest BCUT2D eigenvalue weighted by atomic mass is 9.91. The first-order valence-corrected chi connectivity index (χ1v) is 6.70. The SMILES string of the molecule is O=C(CC(O)C1=CCC(C(=O)NO)C=C1)c1ccccc1. The summed E-state index contributed by atoms with van der Waals surface area (Å²) < 4.78 is 0. The second-order valence-electron chi connectivity index (χ2n) is 4.89. The summed E-state index contributed by atoms with van der Waals surface area (Å²) in [6.45, 7) is 0. The van der Waals surface area contributed by atoms with Crippen LogP contribution in [0.25, 0.3) is 0 Å². The fourth-order valence-corrected chi connectivity index (χ4v) is 2.20. The number of hydrogen-bond acceptors (Lipinski definition) is 4. The van der Waals surface area contributed by atoms with Gasteiger partial charge in [-0.15, -0.1) is 0 Å². The van der Waals surface area contributed by atoms with E-state index >= 15 is 0 Å². The zero-order valence-electron chi connectivity index (χ0n) is 11.4. The number of Topliss-reactive ketones (excluding diaryl/α,β-unsaturated/α-hetero) is 1. The number of benzene rings is 1. The van der Waals surface area contributed by atoms with E-state index < -0.39 is 17.9 Å². The van der Waals surface area contributed by atoms with Crippen LogP contribution in [0.3, 0.4) is 0 Å². The van der Waals surface area contributed by atoms with Crippen LogP contribution in [0.2, 0.25) is 0 Å². The molecule has 0 bridgehead atoms. The maximum atomic E-state index is 12.0. The quantitative estimate of drug-likeness (QED) is 0.436. The van der Waals surface area contributed by atoms with Crippen LogP contribution in [0, 0.1) is 5.92 Å². The molecule has 21 heavy (non-hydrogen) atoms. The minimum atomic E-state index is -0.896. The fraction of sp³-hybridized carbons (Fsp3) is 0.250. The van der Waals surface area contributed by atoms with Crippen LogP contribution in [0.1, 0.15) is 23.2 Å². The van der Waals surface area contributed by atoms with Gasteiger partial charge in [0.2, 0.25) is 0 Å². The second-order valence-corrected chi connectivity index (χ2v) is 4.89. The van der Waals surface area contributed by atoms with E-state index in [1.165, 1.54) is 0 Å². The van der Waals surface area contributed by atoms with Gasteiger partial charge in [0.25, 0.3) is 5.91 Å². The lowest BCUT2D eigenvalue weighted by Crippen LogP contribution is -2.28. The predicted molar refractivity (Wildman–Crippen MR) is 76.7 cm³/mol. The number of amides is 1. The molecule has 0 aliphatic heterocycles. The standard InChI is InChI=1S/C16H17NO4/c18-14(11-4-2-1-3-5-11)10-15(19)12-6-8-13(9-7-12)16(20)17-21/h1-8,13,15,19,21H,9-10H2,(H,17,20). The smallest absolute Gasteiger partial charge is 0.250 e. The molecule has 0 saturated carbocycles. The summed E-state index contributed by atoms with van der Waals surface area (Å²) in [5, 5.41) is 18.7. The van der Waals surface area contributed by atoms with Crippen molar-refractivity contribution >= 4 is 11.7 Å². The average molecular weight is 287 g/mol. The van der Waals surface area contributed by atoms with Crippen molar-refractivity contribution < 1.29 is 19.9 Å². The summed E-state index contributed by atoms with van der Waals surface area (Å²) in [4.78, 5) is 23.3. The highest BCUT2D eigenvalue weighted by molar-refractivity contribution is 5.96. The Hall–Kier alpha value is -2.24. The monoisotopic (exact) mass is 287 g/mol. The number of hydroxylamine groups is 1. The van der Waals surface area contributed by atoms with Crippen molar-refractivity contribution in [3.63, 3.8) is 0 Å². The van der Waals surface area contributed by atoms with E-state index in [-0.39, 0.29) is 12.2 Å². The van der Waals surface area contributed by atoms with Gasteiger partial charge >= 0.3 is 0 Å². The summed E-state index contributed by atoms with van der Waals surface area (Å²) >= 11 is 0. The van der Waals surface area contributed by atoms with Crippen LogP contribution < -0.4 is 5.48 Å². The summed E-state index contributed by atoms with van der Waals surface area (Å²) in [5.74, 6) is -1.07. The average Bonchev–Trinajstić information content (AvgIpc) is 2.55. The molecule has 0 heterocycles.